The van der Waals surface area contributed by atoms with Crippen molar-refractivity contribution in [3.63, 3.8) is 0 Å². The molecule has 0 aliphatic carbocycles. The Hall–Kier alpha value is -1.10. The summed E-state index contributed by atoms with van der Waals surface area (Å²) >= 11 is 0. The van der Waals surface area contributed by atoms with Crippen molar-refractivity contribution in [3.05, 3.63) is 30.1 Å². The third-order valence-electron chi connectivity index (χ3n) is 2.25. The third-order valence-corrected chi connectivity index (χ3v) is 2.25. The van der Waals surface area contributed by atoms with Crippen molar-refractivity contribution < 1.29 is 13.2 Å². The van der Waals surface area contributed by atoms with Crippen LogP contribution in [-0.2, 0) is 5.41 Å². The van der Waals surface area contributed by atoms with Gasteiger partial charge in [-0.1, -0.05) is 19.9 Å². The van der Waals surface area contributed by atoms with Gasteiger partial charge in [-0.3, -0.25) is 4.98 Å². The average molecular weight is 232 g/mol. The zero-order chi connectivity index (χ0) is 12.2. The van der Waals surface area contributed by atoms with Crippen LogP contribution in [0.2, 0.25) is 0 Å². The van der Waals surface area contributed by atoms with E-state index in [1.54, 1.807) is 12.3 Å². The Labute approximate surface area is 92.9 Å². The molecule has 0 amide bonds. The van der Waals surface area contributed by atoms with Gasteiger partial charge in [0.05, 0.1) is 6.54 Å². The van der Waals surface area contributed by atoms with Crippen LogP contribution in [0.5, 0.6) is 0 Å². The van der Waals surface area contributed by atoms with Crippen LogP contribution in [0.3, 0.4) is 0 Å². The molecule has 5 heteroatoms. The molecule has 1 N–H and O–H groups in total. The molecule has 1 rings (SSSR count). The number of alkyl halides is 3. The van der Waals surface area contributed by atoms with Gasteiger partial charge in [-0.15, -0.1) is 0 Å². The van der Waals surface area contributed by atoms with Crippen molar-refractivity contribution in [1.29, 1.82) is 0 Å². The molecule has 1 heterocycles. The van der Waals surface area contributed by atoms with Crippen molar-refractivity contribution in [3.8, 4) is 0 Å². The van der Waals surface area contributed by atoms with Crippen LogP contribution in [0.4, 0.5) is 13.2 Å². The van der Waals surface area contributed by atoms with Gasteiger partial charge in [0, 0.05) is 23.9 Å². The zero-order valence-electron chi connectivity index (χ0n) is 9.30. The van der Waals surface area contributed by atoms with E-state index in [2.05, 4.69) is 10.3 Å². The predicted octanol–water partition coefficient (Wildman–Crippen LogP) is 2.51. The molecule has 90 valence electrons. The molecule has 1 aromatic rings. The SMILES string of the molecule is CC(C)(CNCC(F)(F)F)c1ccccn1. The molecule has 0 aliphatic heterocycles. The highest BCUT2D eigenvalue weighted by molar-refractivity contribution is 5.14. The number of hydrogen-bond acceptors (Lipinski definition) is 2. The molecule has 0 saturated heterocycles. The van der Waals surface area contributed by atoms with Crippen LogP contribution in [0.15, 0.2) is 24.4 Å². The average Bonchev–Trinajstić information content (AvgIpc) is 2.17. The molecule has 16 heavy (non-hydrogen) atoms. The van der Waals surface area contributed by atoms with E-state index in [1.807, 2.05) is 26.0 Å². The normalized spacial score (nSPS) is 12.8. The first-order chi connectivity index (χ1) is 7.31. The predicted molar refractivity (Wildman–Crippen MR) is 56.2 cm³/mol. The lowest BCUT2D eigenvalue weighted by molar-refractivity contribution is -0.125. The van der Waals surface area contributed by atoms with E-state index in [1.165, 1.54) is 0 Å². The van der Waals surface area contributed by atoms with Crippen LogP contribution in [0.25, 0.3) is 0 Å². The molecule has 2 nitrogen and oxygen atoms in total. The van der Waals surface area contributed by atoms with E-state index < -0.39 is 18.1 Å². The van der Waals surface area contributed by atoms with Gasteiger partial charge in [-0.05, 0) is 12.1 Å². The van der Waals surface area contributed by atoms with Crippen molar-refractivity contribution in [1.82, 2.24) is 10.3 Å². The summed E-state index contributed by atoms with van der Waals surface area (Å²) in [5.74, 6) is 0. The van der Waals surface area contributed by atoms with Gasteiger partial charge in [0.15, 0.2) is 0 Å². The summed E-state index contributed by atoms with van der Waals surface area (Å²) in [5, 5.41) is 2.40. The maximum absolute atomic E-state index is 12.0. The summed E-state index contributed by atoms with van der Waals surface area (Å²) in [6.45, 7) is 2.99. The van der Waals surface area contributed by atoms with Gasteiger partial charge >= 0.3 is 6.18 Å². The Morgan fingerprint density at radius 2 is 1.88 bits per heavy atom. The molecule has 1 aromatic heterocycles. The minimum absolute atomic E-state index is 0.240. The first kappa shape index (κ1) is 13.0. The molecule has 0 aliphatic rings. The summed E-state index contributed by atoms with van der Waals surface area (Å²) in [6, 6.07) is 5.42. The number of halogens is 3. The van der Waals surface area contributed by atoms with Gasteiger partial charge in [0.2, 0.25) is 0 Å². The van der Waals surface area contributed by atoms with E-state index >= 15 is 0 Å². The number of hydrogen-bond donors (Lipinski definition) is 1. The van der Waals surface area contributed by atoms with E-state index in [0.29, 0.717) is 0 Å². The maximum atomic E-state index is 12.0. The summed E-state index contributed by atoms with van der Waals surface area (Å²) in [6.07, 6.45) is -2.53. The molecule has 0 unspecified atom stereocenters. The number of pyridine rings is 1. The Bertz CT molecular complexity index is 320. The number of rotatable bonds is 4. The monoisotopic (exact) mass is 232 g/mol. The lowest BCUT2D eigenvalue weighted by Gasteiger charge is -2.24. The molecule has 0 spiro atoms. The van der Waals surface area contributed by atoms with Crippen molar-refractivity contribution in [2.24, 2.45) is 0 Å². The zero-order valence-corrected chi connectivity index (χ0v) is 9.30. The molecule has 0 bridgehead atoms. The third kappa shape index (κ3) is 4.18. The van der Waals surface area contributed by atoms with E-state index in [-0.39, 0.29) is 6.54 Å². The second kappa shape index (κ2) is 4.82. The second-order valence-electron chi connectivity index (χ2n) is 4.32. The van der Waals surface area contributed by atoms with Crippen molar-refractivity contribution in [2.45, 2.75) is 25.4 Å². The lowest BCUT2D eigenvalue weighted by atomic mass is 9.89. The minimum atomic E-state index is -4.17. The fourth-order valence-electron chi connectivity index (χ4n) is 1.37. The summed E-state index contributed by atoms with van der Waals surface area (Å²) in [4.78, 5) is 4.14. The molecule has 0 radical (unpaired) electrons. The second-order valence-corrected chi connectivity index (χ2v) is 4.32. The van der Waals surface area contributed by atoms with Gasteiger partial charge in [-0.2, -0.15) is 13.2 Å². The maximum Gasteiger partial charge on any atom is 0.401 e. The van der Waals surface area contributed by atoms with Gasteiger partial charge in [-0.25, -0.2) is 0 Å². The highest BCUT2D eigenvalue weighted by Crippen LogP contribution is 2.20. The van der Waals surface area contributed by atoms with Gasteiger partial charge in [0.1, 0.15) is 0 Å². The van der Waals surface area contributed by atoms with Crippen LogP contribution < -0.4 is 5.32 Å². The van der Waals surface area contributed by atoms with E-state index in [0.717, 1.165) is 5.69 Å². The Kier molecular flexibility index (Phi) is 3.91. The Morgan fingerprint density at radius 1 is 1.19 bits per heavy atom. The fraction of sp³-hybridized carbons (Fsp3) is 0.545. The standard InChI is InChI=1S/C11H15F3N2/c1-10(2,7-15-8-11(12,13)14)9-5-3-4-6-16-9/h3-6,15H,7-8H2,1-2H3. The first-order valence-corrected chi connectivity index (χ1v) is 5.00. The van der Waals surface area contributed by atoms with Crippen molar-refractivity contribution >= 4 is 0 Å². The minimum Gasteiger partial charge on any atom is -0.308 e. The lowest BCUT2D eigenvalue weighted by Crippen LogP contribution is -2.38. The van der Waals surface area contributed by atoms with Crippen LogP contribution >= 0.6 is 0 Å². The summed E-state index contributed by atoms with van der Waals surface area (Å²) < 4.78 is 35.9. The molecule has 0 fully saturated rings. The number of nitrogens with zero attached hydrogens (tertiary/aromatic N) is 1. The smallest absolute Gasteiger partial charge is 0.308 e. The van der Waals surface area contributed by atoms with Crippen molar-refractivity contribution in [2.75, 3.05) is 13.1 Å². The van der Waals surface area contributed by atoms with Crippen LogP contribution in [0.1, 0.15) is 19.5 Å². The molecule has 0 aromatic carbocycles. The summed E-state index contributed by atoms with van der Waals surface area (Å²) in [7, 11) is 0. The Balaban J connectivity index is 2.53. The van der Waals surface area contributed by atoms with Crippen LogP contribution in [0, 0.1) is 0 Å². The highest BCUT2D eigenvalue weighted by Gasteiger charge is 2.28. The van der Waals surface area contributed by atoms with Crippen LogP contribution in [-0.4, -0.2) is 24.2 Å². The van der Waals surface area contributed by atoms with E-state index in [9.17, 15) is 13.2 Å². The Morgan fingerprint density at radius 3 is 2.38 bits per heavy atom. The quantitative estimate of drug-likeness (QED) is 0.862. The largest absolute Gasteiger partial charge is 0.401 e. The highest BCUT2D eigenvalue weighted by atomic mass is 19.4. The molecular formula is C11H15F3N2. The van der Waals surface area contributed by atoms with E-state index in [4.69, 9.17) is 0 Å². The van der Waals surface area contributed by atoms with Gasteiger partial charge in [0.25, 0.3) is 0 Å². The topological polar surface area (TPSA) is 24.9 Å². The molecular weight excluding hydrogens is 217 g/mol. The first-order valence-electron chi connectivity index (χ1n) is 5.00. The molecule has 0 atom stereocenters. The fourth-order valence-corrected chi connectivity index (χ4v) is 1.37. The number of nitrogens with one attached hydrogen (secondary N) is 1. The molecule has 0 saturated carbocycles. The summed E-state index contributed by atoms with van der Waals surface area (Å²) in [5.41, 5.74) is 0.372. The number of aromatic nitrogens is 1. The van der Waals surface area contributed by atoms with Gasteiger partial charge < -0.3 is 5.32 Å².